The summed E-state index contributed by atoms with van der Waals surface area (Å²) in [6.45, 7) is 4.01. The van der Waals surface area contributed by atoms with Crippen LogP contribution in [0.15, 0.2) is 23.1 Å². The fourth-order valence-corrected chi connectivity index (χ4v) is 4.86. The molecular weight excluding hydrogens is 318 g/mol. The Balaban J connectivity index is 1.83. The molecule has 1 spiro atoms. The van der Waals surface area contributed by atoms with Gasteiger partial charge in [0.25, 0.3) is 5.91 Å². The van der Waals surface area contributed by atoms with Crippen LogP contribution in [0.1, 0.15) is 24.0 Å². The Labute approximate surface area is 135 Å². The van der Waals surface area contributed by atoms with Gasteiger partial charge in [-0.3, -0.25) is 10.1 Å². The molecule has 0 radical (unpaired) electrons. The molecule has 0 saturated carbocycles. The lowest BCUT2D eigenvalue weighted by Crippen LogP contribution is -2.55. The van der Waals surface area contributed by atoms with E-state index in [-0.39, 0.29) is 31.8 Å². The quantitative estimate of drug-likeness (QED) is 0.775. The molecule has 2 N–H and O–H groups in total. The number of amides is 3. The molecule has 124 valence electrons. The summed E-state index contributed by atoms with van der Waals surface area (Å²) >= 11 is 0. The van der Waals surface area contributed by atoms with Gasteiger partial charge in [0.05, 0.1) is 4.90 Å². The predicted molar refractivity (Wildman–Crippen MR) is 83.3 cm³/mol. The molecule has 2 aliphatic heterocycles. The molecule has 2 fully saturated rings. The Morgan fingerprint density at radius 3 is 2.35 bits per heavy atom. The Bertz CT molecular complexity index is 780. The highest BCUT2D eigenvalue weighted by atomic mass is 32.2. The average Bonchev–Trinajstić information content (AvgIpc) is 2.76. The van der Waals surface area contributed by atoms with Crippen LogP contribution in [-0.2, 0) is 14.8 Å². The van der Waals surface area contributed by atoms with Gasteiger partial charge < -0.3 is 5.32 Å². The molecule has 0 aromatic heterocycles. The van der Waals surface area contributed by atoms with Gasteiger partial charge in [-0.2, -0.15) is 4.31 Å². The predicted octanol–water partition coefficient (Wildman–Crippen LogP) is 0.666. The summed E-state index contributed by atoms with van der Waals surface area (Å²) in [4.78, 5) is 23.6. The summed E-state index contributed by atoms with van der Waals surface area (Å²) in [7, 11) is -3.60. The van der Waals surface area contributed by atoms with Gasteiger partial charge in [-0.25, -0.2) is 13.2 Å². The SMILES string of the molecule is Cc1ccc(C)c(S(=O)(=O)N2CCC3(CC2)NC(=O)NC3=O)c1. The number of piperidine rings is 1. The minimum Gasteiger partial charge on any atom is -0.323 e. The summed E-state index contributed by atoms with van der Waals surface area (Å²) in [6, 6.07) is 4.82. The van der Waals surface area contributed by atoms with Gasteiger partial charge in [0.2, 0.25) is 10.0 Å². The number of sulfonamides is 1. The number of hydrogen-bond donors (Lipinski definition) is 2. The Hall–Kier alpha value is -1.93. The lowest BCUT2D eigenvalue weighted by atomic mass is 9.89. The number of benzene rings is 1. The zero-order valence-corrected chi connectivity index (χ0v) is 13.9. The zero-order valence-electron chi connectivity index (χ0n) is 13.0. The molecule has 23 heavy (non-hydrogen) atoms. The van der Waals surface area contributed by atoms with E-state index in [4.69, 9.17) is 0 Å². The van der Waals surface area contributed by atoms with E-state index < -0.39 is 21.6 Å². The first-order valence-corrected chi connectivity index (χ1v) is 8.90. The Morgan fingerprint density at radius 2 is 1.78 bits per heavy atom. The van der Waals surface area contributed by atoms with Crippen LogP contribution in [0, 0.1) is 13.8 Å². The largest absolute Gasteiger partial charge is 0.323 e. The molecule has 0 atom stereocenters. The van der Waals surface area contributed by atoms with Crippen LogP contribution in [0.2, 0.25) is 0 Å². The molecule has 2 aliphatic rings. The Morgan fingerprint density at radius 1 is 1.13 bits per heavy atom. The van der Waals surface area contributed by atoms with Crippen LogP contribution >= 0.6 is 0 Å². The highest BCUT2D eigenvalue weighted by molar-refractivity contribution is 7.89. The standard InChI is InChI=1S/C15H19N3O4S/c1-10-3-4-11(2)12(9-10)23(21,22)18-7-5-15(6-8-18)13(19)16-14(20)17-15/h3-4,9H,5-8H2,1-2H3,(H2,16,17,19,20). The van der Waals surface area contributed by atoms with Crippen molar-refractivity contribution in [3.8, 4) is 0 Å². The second-order valence-electron chi connectivity index (χ2n) is 6.16. The third kappa shape index (κ3) is 2.61. The van der Waals surface area contributed by atoms with Crippen LogP contribution in [-0.4, -0.2) is 43.3 Å². The van der Waals surface area contributed by atoms with Crippen molar-refractivity contribution in [1.82, 2.24) is 14.9 Å². The molecule has 8 heteroatoms. The first-order valence-electron chi connectivity index (χ1n) is 7.46. The lowest BCUT2D eigenvalue weighted by molar-refractivity contribution is -0.125. The van der Waals surface area contributed by atoms with E-state index in [1.807, 2.05) is 13.0 Å². The second-order valence-corrected chi connectivity index (χ2v) is 8.07. The molecule has 3 rings (SSSR count). The smallest absolute Gasteiger partial charge is 0.322 e. The van der Waals surface area contributed by atoms with Gasteiger partial charge in [0.15, 0.2) is 0 Å². The van der Waals surface area contributed by atoms with Crippen molar-refractivity contribution in [1.29, 1.82) is 0 Å². The first-order chi connectivity index (χ1) is 10.7. The van der Waals surface area contributed by atoms with E-state index >= 15 is 0 Å². The van der Waals surface area contributed by atoms with Gasteiger partial charge in [0.1, 0.15) is 5.54 Å². The lowest BCUT2D eigenvalue weighted by Gasteiger charge is -2.36. The van der Waals surface area contributed by atoms with Crippen molar-refractivity contribution in [2.75, 3.05) is 13.1 Å². The van der Waals surface area contributed by atoms with E-state index in [1.54, 1.807) is 19.1 Å². The molecule has 3 amide bonds. The molecule has 2 saturated heterocycles. The molecule has 1 aromatic rings. The second kappa shape index (κ2) is 5.31. The third-order valence-corrected chi connectivity index (χ3v) is 6.59. The van der Waals surface area contributed by atoms with Crippen LogP contribution in [0.3, 0.4) is 0 Å². The molecule has 0 unspecified atom stereocenters. The topological polar surface area (TPSA) is 95.6 Å². The van der Waals surface area contributed by atoms with Gasteiger partial charge in [-0.15, -0.1) is 0 Å². The fraction of sp³-hybridized carbons (Fsp3) is 0.467. The van der Waals surface area contributed by atoms with Gasteiger partial charge in [-0.05, 0) is 43.9 Å². The first kappa shape index (κ1) is 15.9. The summed E-state index contributed by atoms with van der Waals surface area (Å²) in [5.41, 5.74) is 0.609. The number of nitrogens with one attached hydrogen (secondary N) is 2. The van der Waals surface area contributed by atoms with Crippen LogP contribution in [0.5, 0.6) is 0 Å². The Kier molecular flexibility index (Phi) is 3.68. The van der Waals surface area contributed by atoms with Crippen molar-refractivity contribution >= 4 is 22.0 Å². The molecule has 1 aromatic carbocycles. The van der Waals surface area contributed by atoms with E-state index in [2.05, 4.69) is 10.6 Å². The van der Waals surface area contributed by atoms with Crippen molar-refractivity contribution in [2.45, 2.75) is 37.1 Å². The number of carbonyl (C=O) groups is 2. The van der Waals surface area contributed by atoms with Gasteiger partial charge >= 0.3 is 6.03 Å². The number of hydrogen-bond acceptors (Lipinski definition) is 4. The minimum atomic E-state index is -3.60. The maximum absolute atomic E-state index is 12.8. The van der Waals surface area contributed by atoms with Crippen molar-refractivity contribution < 1.29 is 18.0 Å². The zero-order chi connectivity index (χ0) is 16.8. The minimum absolute atomic E-state index is 0.198. The van der Waals surface area contributed by atoms with Gasteiger partial charge in [0, 0.05) is 13.1 Å². The summed E-state index contributed by atoms with van der Waals surface area (Å²) in [5.74, 6) is -0.369. The van der Waals surface area contributed by atoms with E-state index in [9.17, 15) is 18.0 Å². The molecular formula is C15H19N3O4S. The van der Waals surface area contributed by atoms with Crippen LogP contribution in [0.4, 0.5) is 4.79 Å². The van der Waals surface area contributed by atoms with E-state index in [0.29, 0.717) is 10.5 Å². The fourth-order valence-electron chi connectivity index (χ4n) is 3.11. The monoisotopic (exact) mass is 337 g/mol. The third-order valence-electron chi connectivity index (χ3n) is 4.55. The molecule has 0 bridgehead atoms. The maximum Gasteiger partial charge on any atom is 0.322 e. The number of carbonyl (C=O) groups excluding carboxylic acids is 2. The number of aryl methyl sites for hydroxylation is 2. The molecule has 2 heterocycles. The van der Waals surface area contributed by atoms with Crippen LogP contribution in [0.25, 0.3) is 0 Å². The number of rotatable bonds is 2. The highest BCUT2D eigenvalue weighted by Gasteiger charge is 2.49. The normalized spacial score (nSPS) is 21.3. The van der Waals surface area contributed by atoms with E-state index in [1.165, 1.54) is 4.31 Å². The van der Waals surface area contributed by atoms with E-state index in [0.717, 1.165) is 5.56 Å². The number of urea groups is 1. The number of imide groups is 1. The summed E-state index contributed by atoms with van der Waals surface area (Å²) in [6.07, 6.45) is 0.545. The van der Waals surface area contributed by atoms with Crippen molar-refractivity contribution in [3.63, 3.8) is 0 Å². The van der Waals surface area contributed by atoms with Crippen molar-refractivity contribution in [2.24, 2.45) is 0 Å². The van der Waals surface area contributed by atoms with Gasteiger partial charge in [-0.1, -0.05) is 12.1 Å². The maximum atomic E-state index is 12.8. The van der Waals surface area contributed by atoms with Crippen LogP contribution < -0.4 is 10.6 Å². The average molecular weight is 337 g/mol. The molecule has 0 aliphatic carbocycles. The van der Waals surface area contributed by atoms with Crippen molar-refractivity contribution in [3.05, 3.63) is 29.3 Å². The molecule has 7 nitrogen and oxygen atoms in total. The summed E-state index contributed by atoms with van der Waals surface area (Å²) in [5, 5.41) is 4.85. The highest BCUT2D eigenvalue weighted by Crippen LogP contribution is 2.30. The summed E-state index contributed by atoms with van der Waals surface area (Å²) < 4.78 is 27.1. The number of nitrogens with zero attached hydrogens (tertiary/aromatic N) is 1.